The third-order valence-corrected chi connectivity index (χ3v) is 3.16. The minimum absolute atomic E-state index is 0.373. The van der Waals surface area contributed by atoms with Crippen molar-refractivity contribution in [3.8, 4) is 0 Å². The second-order valence-electron chi connectivity index (χ2n) is 4.43. The molecule has 0 atom stereocenters. The van der Waals surface area contributed by atoms with Crippen molar-refractivity contribution in [2.24, 2.45) is 5.92 Å². The zero-order valence-electron chi connectivity index (χ0n) is 9.27. The van der Waals surface area contributed by atoms with E-state index in [1.807, 2.05) is 6.92 Å². The highest BCUT2D eigenvalue weighted by molar-refractivity contribution is 6.33. The third-order valence-electron chi connectivity index (χ3n) is 2.84. The lowest BCUT2D eigenvalue weighted by Crippen LogP contribution is -2.42. The molecule has 1 fully saturated rings. The molecule has 1 aliphatic carbocycles. The van der Waals surface area contributed by atoms with E-state index >= 15 is 0 Å². The molecule has 1 aliphatic rings. The normalized spacial score (nSPS) is 18.6. The minimum atomic E-state index is -2.68. The average Bonchev–Trinajstić information content (AvgIpc) is 2.18. The van der Waals surface area contributed by atoms with Gasteiger partial charge in [-0.05, 0) is 24.6 Å². The van der Waals surface area contributed by atoms with Crippen molar-refractivity contribution >= 4 is 23.2 Å². The van der Waals surface area contributed by atoms with E-state index in [-0.39, 0.29) is 18.7 Å². The van der Waals surface area contributed by atoms with Gasteiger partial charge in [-0.15, -0.1) is 0 Å². The van der Waals surface area contributed by atoms with Crippen LogP contribution in [0.15, 0.2) is 18.2 Å². The maximum Gasteiger partial charge on any atom is 0.249 e. The summed E-state index contributed by atoms with van der Waals surface area (Å²) in [7, 11) is 0. The van der Waals surface area contributed by atoms with E-state index in [0.717, 1.165) is 5.56 Å². The number of carbonyl (C=O) groups is 1. The maximum absolute atomic E-state index is 12.6. The number of aryl methyl sites for hydroxylation is 1. The second kappa shape index (κ2) is 4.26. The number of rotatable bonds is 2. The standard InChI is InChI=1S/C12H12ClF2NO/c1-7-2-3-10(9(13)4-7)16-11(17)8-5-12(14,15)6-8/h2-4,8H,5-6H2,1H3,(H,16,17). The first-order valence-corrected chi connectivity index (χ1v) is 5.70. The molecule has 1 saturated carbocycles. The van der Waals surface area contributed by atoms with Crippen LogP contribution in [0, 0.1) is 12.8 Å². The zero-order valence-corrected chi connectivity index (χ0v) is 10.0. The molecule has 0 spiro atoms. The first kappa shape index (κ1) is 12.3. The van der Waals surface area contributed by atoms with Gasteiger partial charge in [0.25, 0.3) is 0 Å². The van der Waals surface area contributed by atoms with Crippen LogP contribution in [0.25, 0.3) is 0 Å². The molecule has 0 aromatic heterocycles. The fraction of sp³-hybridized carbons (Fsp3) is 0.417. The molecule has 0 saturated heterocycles. The SMILES string of the molecule is Cc1ccc(NC(=O)C2CC(F)(F)C2)c(Cl)c1. The molecule has 1 aromatic rings. The molecule has 0 bridgehead atoms. The quantitative estimate of drug-likeness (QED) is 0.863. The molecule has 0 unspecified atom stereocenters. The van der Waals surface area contributed by atoms with Crippen LogP contribution in [-0.2, 0) is 4.79 Å². The van der Waals surface area contributed by atoms with Crippen molar-refractivity contribution in [2.45, 2.75) is 25.7 Å². The Morgan fingerprint density at radius 3 is 2.65 bits per heavy atom. The number of carbonyl (C=O) groups excluding carboxylic acids is 1. The van der Waals surface area contributed by atoms with Crippen LogP contribution in [0.5, 0.6) is 0 Å². The molecule has 2 nitrogen and oxygen atoms in total. The van der Waals surface area contributed by atoms with Crippen molar-refractivity contribution < 1.29 is 13.6 Å². The van der Waals surface area contributed by atoms with Crippen molar-refractivity contribution in [2.75, 3.05) is 5.32 Å². The van der Waals surface area contributed by atoms with E-state index in [0.29, 0.717) is 10.7 Å². The summed E-state index contributed by atoms with van der Waals surface area (Å²) in [5.41, 5.74) is 1.45. The number of benzene rings is 1. The van der Waals surface area contributed by atoms with Gasteiger partial charge in [0.05, 0.1) is 10.7 Å². The van der Waals surface area contributed by atoms with Gasteiger partial charge in [-0.2, -0.15) is 0 Å². The molecule has 1 aromatic carbocycles. The lowest BCUT2D eigenvalue weighted by molar-refractivity contribution is -0.145. The highest BCUT2D eigenvalue weighted by Gasteiger charge is 2.48. The predicted octanol–water partition coefficient (Wildman–Crippen LogP) is 3.63. The van der Waals surface area contributed by atoms with E-state index in [9.17, 15) is 13.6 Å². The summed E-state index contributed by atoms with van der Waals surface area (Å²) in [6.07, 6.45) is -0.745. The van der Waals surface area contributed by atoms with E-state index in [1.54, 1.807) is 18.2 Å². The fourth-order valence-corrected chi connectivity index (χ4v) is 2.09. The Labute approximate surface area is 103 Å². The van der Waals surface area contributed by atoms with Crippen LogP contribution >= 0.6 is 11.6 Å². The molecule has 92 valence electrons. The number of nitrogens with one attached hydrogen (secondary N) is 1. The number of anilines is 1. The fourth-order valence-electron chi connectivity index (χ4n) is 1.80. The van der Waals surface area contributed by atoms with E-state index < -0.39 is 11.8 Å². The maximum atomic E-state index is 12.6. The average molecular weight is 260 g/mol. The van der Waals surface area contributed by atoms with Crippen molar-refractivity contribution in [1.82, 2.24) is 0 Å². The molecule has 5 heteroatoms. The van der Waals surface area contributed by atoms with Gasteiger partial charge in [-0.25, -0.2) is 8.78 Å². The largest absolute Gasteiger partial charge is 0.325 e. The number of alkyl halides is 2. The Bertz CT molecular complexity index is 454. The Hall–Kier alpha value is -1.16. The monoisotopic (exact) mass is 259 g/mol. The predicted molar refractivity (Wildman–Crippen MR) is 62.5 cm³/mol. The lowest BCUT2D eigenvalue weighted by atomic mass is 9.81. The first-order valence-electron chi connectivity index (χ1n) is 5.32. The zero-order chi connectivity index (χ0) is 12.6. The Kier molecular flexibility index (Phi) is 3.08. The Balaban J connectivity index is 2.00. The van der Waals surface area contributed by atoms with Gasteiger partial charge < -0.3 is 5.32 Å². The van der Waals surface area contributed by atoms with Crippen molar-refractivity contribution in [3.05, 3.63) is 28.8 Å². The van der Waals surface area contributed by atoms with Gasteiger partial charge in [0.2, 0.25) is 11.8 Å². The van der Waals surface area contributed by atoms with Crippen molar-refractivity contribution in [3.63, 3.8) is 0 Å². The number of hydrogen-bond acceptors (Lipinski definition) is 1. The van der Waals surface area contributed by atoms with Gasteiger partial charge in [0.1, 0.15) is 0 Å². The molecular formula is C12H12ClF2NO. The molecular weight excluding hydrogens is 248 g/mol. The number of hydrogen-bond donors (Lipinski definition) is 1. The van der Waals surface area contributed by atoms with Gasteiger partial charge in [0, 0.05) is 18.8 Å². The molecule has 0 radical (unpaired) electrons. The van der Waals surface area contributed by atoms with Crippen LogP contribution in [0.2, 0.25) is 5.02 Å². The van der Waals surface area contributed by atoms with Crippen LogP contribution in [-0.4, -0.2) is 11.8 Å². The number of amides is 1. The van der Waals surface area contributed by atoms with Crippen LogP contribution in [0.3, 0.4) is 0 Å². The van der Waals surface area contributed by atoms with E-state index in [4.69, 9.17) is 11.6 Å². The van der Waals surface area contributed by atoms with E-state index in [2.05, 4.69) is 5.32 Å². The summed E-state index contributed by atoms with van der Waals surface area (Å²) >= 11 is 5.93. The molecule has 0 aliphatic heterocycles. The summed E-state index contributed by atoms with van der Waals surface area (Å²) in [6.45, 7) is 1.88. The highest BCUT2D eigenvalue weighted by atomic mass is 35.5. The number of halogens is 3. The molecule has 0 heterocycles. The molecule has 17 heavy (non-hydrogen) atoms. The smallest absolute Gasteiger partial charge is 0.249 e. The van der Waals surface area contributed by atoms with Gasteiger partial charge in [0.15, 0.2) is 0 Å². The van der Waals surface area contributed by atoms with Gasteiger partial charge in [-0.3, -0.25) is 4.79 Å². The molecule has 1 amide bonds. The van der Waals surface area contributed by atoms with Crippen LogP contribution in [0.1, 0.15) is 18.4 Å². The lowest BCUT2D eigenvalue weighted by Gasteiger charge is -2.33. The summed E-state index contributed by atoms with van der Waals surface area (Å²) in [4.78, 5) is 11.6. The molecule has 2 rings (SSSR count). The second-order valence-corrected chi connectivity index (χ2v) is 4.84. The first-order chi connectivity index (χ1) is 7.87. The van der Waals surface area contributed by atoms with Gasteiger partial charge in [-0.1, -0.05) is 17.7 Å². The minimum Gasteiger partial charge on any atom is -0.325 e. The topological polar surface area (TPSA) is 29.1 Å². The highest BCUT2D eigenvalue weighted by Crippen LogP contribution is 2.43. The van der Waals surface area contributed by atoms with Gasteiger partial charge >= 0.3 is 0 Å². The van der Waals surface area contributed by atoms with Crippen molar-refractivity contribution in [1.29, 1.82) is 0 Å². The molecule has 1 N–H and O–H groups in total. The summed E-state index contributed by atoms with van der Waals surface area (Å²) < 4.78 is 25.2. The van der Waals surface area contributed by atoms with E-state index in [1.165, 1.54) is 0 Å². The Morgan fingerprint density at radius 2 is 2.12 bits per heavy atom. The van der Waals surface area contributed by atoms with Crippen LogP contribution in [0.4, 0.5) is 14.5 Å². The Morgan fingerprint density at radius 1 is 1.47 bits per heavy atom. The third kappa shape index (κ3) is 2.75. The summed E-state index contributed by atoms with van der Waals surface area (Å²) in [6, 6.07) is 5.19. The summed E-state index contributed by atoms with van der Waals surface area (Å²) in [5.74, 6) is -3.68. The summed E-state index contributed by atoms with van der Waals surface area (Å²) in [5, 5.41) is 2.99. The van der Waals surface area contributed by atoms with Crippen LogP contribution < -0.4 is 5.32 Å².